The van der Waals surface area contributed by atoms with Gasteiger partial charge in [0, 0.05) is 32.8 Å². The molecule has 1 aliphatic carbocycles. The number of anilines is 1. The molecule has 8 heteroatoms. The highest BCUT2D eigenvalue weighted by Crippen LogP contribution is 2.34. The highest BCUT2D eigenvalue weighted by atomic mass is 19.1. The van der Waals surface area contributed by atoms with Crippen molar-refractivity contribution in [2.24, 2.45) is 11.8 Å². The van der Waals surface area contributed by atoms with E-state index in [1.807, 2.05) is 19.9 Å². The van der Waals surface area contributed by atoms with Crippen molar-refractivity contribution < 1.29 is 23.4 Å². The molecular formula is C22H34FN3O4. The van der Waals surface area contributed by atoms with Gasteiger partial charge in [-0.15, -0.1) is 0 Å². The van der Waals surface area contributed by atoms with Gasteiger partial charge in [0.2, 0.25) is 5.88 Å². The number of halogens is 1. The fourth-order valence-corrected chi connectivity index (χ4v) is 3.54. The number of nitrogens with one attached hydrogen (secondary N) is 1. The van der Waals surface area contributed by atoms with Crippen molar-refractivity contribution in [1.29, 1.82) is 0 Å². The number of nitrogens with zero attached hydrogens (tertiary/aromatic N) is 2. The van der Waals surface area contributed by atoms with Crippen molar-refractivity contribution in [3.05, 3.63) is 17.8 Å². The molecule has 1 saturated heterocycles. The van der Waals surface area contributed by atoms with Gasteiger partial charge in [-0.1, -0.05) is 6.92 Å². The van der Waals surface area contributed by atoms with Crippen molar-refractivity contribution in [2.45, 2.75) is 45.3 Å². The molecule has 1 aromatic heterocycles. The number of hydrogen-bond donors (Lipinski definition) is 1. The van der Waals surface area contributed by atoms with Crippen molar-refractivity contribution in [3.63, 3.8) is 0 Å². The second-order valence-electron chi connectivity index (χ2n) is 8.52. The highest BCUT2D eigenvalue weighted by Gasteiger charge is 2.31. The number of methoxy groups -OCH3 is 1. The lowest BCUT2D eigenvalue weighted by molar-refractivity contribution is 0.0782. The second kappa shape index (κ2) is 10.9. The van der Waals surface area contributed by atoms with E-state index >= 15 is 0 Å². The van der Waals surface area contributed by atoms with E-state index in [9.17, 15) is 9.18 Å². The summed E-state index contributed by atoms with van der Waals surface area (Å²) in [4.78, 5) is 19.4. The minimum absolute atomic E-state index is 0.0448. The predicted molar refractivity (Wildman–Crippen MR) is 113 cm³/mol. The normalized spacial score (nSPS) is 18.6. The molecule has 2 atom stereocenters. The molecule has 1 aromatic rings. The molecule has 3 rings (SSSR count). The zero-order chi connectivity index (χ0) is 21.5. The number of carbonyl (C=O) groups is 1. The topological polar surface area (TPSA) is 72.9 Å². The van der Waals surface area contributed by atoms with Crippen LogP contribution in [0.2, 0.25) is 0 Å². The maximum Gasteiger partial charge on any atom is 0.270 e. The molecule has 1 N–H and O–H groups in total. The first-order chi connectivity index (χ1) is 14.5. The minimum atomic E-state index is -0.477. The second-order valence-corrected chi connectivity index (χ2v) is 8.52. The van der Waals surface area contributed by atoms with Crippen LogP contribution in [0.1, 0.15) is 43.6 Å². The number of hydrogen-bond acceptors (Lipinski definition) is 6. The molecule has 0 radical (unpaired) electrons. The van der Waals surface area contributed by atoms with Crippen LogP contribution in [0.5, 0.6) is 5.88 Å². The van der Waals surface area contributed by atoms with Crippen LogP contribution in [0, 0.1) is 11.8 Å². The Morgan fingerprint density at radius 2 is 2.10 bits per heavy atom. The van der Waals surface area contributed by atoms with Gasteiger partial charge >= 0.3 is 0 Å². The predicted octanol–water partition coefficient (Wildman–Crippen LogP) is 2.84. The van der Waals surface area contributed by atoms with Crippen molar-refractivity contribution in [1.82, 2.24) is 10.3 Å². The first kappa shape index (κ1) is 22.7. The zero-order valence-corrected chi connectivity index (χ0v) is 18.2. The third kappa shape index (κ3) is 6.54. The molecule has 168 valence electrons. The molecule has 1 aliphatic heterocycles. The van der Waals surface area contributed by atoms with E-state index in [0.29, 0.717) is 30.7 Å². The number of amides is 1. The lowest BCUT2D eigenvalue weighted by atomic mass is 10.0. The fraction of sp³-hybridized carbons (Fsp3) is 0.727. The minimum Gasteiger partial charge on any atom is -0.476 e. The first-order valence-corrected chi connectivity index (χ1v) is 10.9. The van der Waals surface area contributed by atoms with E-state index in [-0.39, 0.29) is 30.6 Å². The summed E-state index contributed by atoms with van der Waals surface area (Å²) >= 11 is 0. The third-order valence-electron chi connectivity index (χ3n) is 5.50. The molecular weight excluding hydrogens is 389 g/mol. The van der Waals surface area contributed by atoms with Crippen molar-refractivity contribution in [2.75, 3.05) is 51.6 Å². The van der Waals surface area contributed by atoms with Crippen molar-refractivity contribution in [3.8, 4) is 5.88 Å². The zero-order valence-electron chi connectivity index (χ0n) is 18.2. The molecule has 1 amide bonds. The average Bonchev–Trinajstić information content (AvgIpc) is 3.50. The monoisotopic (exact) mass is 423 g/mol. The molecule has 2 heterocycles. The smallest absolute Gasteiger partial charge is 0.270 e. The Balaban J connectivity index is 1.58. The van der Waals surface area contributed by atoms with E-state index in [4.69, 9.17) is 14.2 Å². The first-order valence-electron chi connectivity index (χ1n) is 10.9. The summed E-state index contributed by atoms with van der Waals surface area (Å²) in [6, 6.07) is 3.61. The number of carbonyl (C=O) groups excluding carboxylic acids is 1. The van der Waals surface area contributed by atoms with Crippen LogP contribution in [-0.2, 0) is 9.47 Å². The van der Waals surface area contributed by atoms with Gasteiger partial charge in [0.1, 0.15) is 18.1 Å². The number of alkyl halides is 1. The molecule has 1 unspecified atom stereocenters. The number of pyridine rings is 1. The van der Waals surface area contributed by atoms with Crippen LogP contribution >= 0.6 is 0 Å². The summed E-state index contributed by atoms with van der Waals surface area (Å²) in [5.41, 5.74) is 1.26. The van der Waals surface area contributed by atoms with Gasteiger partial charge in [0.25, 0.3) is 5.91 Å². The van der Waals surface area contributed by atoms with Gasteiger partial charge in [0.15, 0.2) is 0 Å². The van der Waals surface area contributed by atoms with E-state index in [2.05, 4.69) is 15.2 Å². The lowest BCUT2D eigenvalue weighted by Crippen LogP contribution is -2.52. The third-order valence-corrected chi connectivity index (χ3v) is 5.50. The summed E-state index contributed by atoms with van der Waals surface area (Å²) in [6.45, 7) is 6.33. The maximum atomic E-state index is 12.7. The summed E-state index contributed by atoms with van der Waals surface area (Å²) in [5, 5.41) is 2.99. The van der Waals surface area contributed by atoms with E-state index in [1.54, 1.807) is 13.2 Å². The highest BCUT2D eigenvalue weighted by molar-refractivity contribution is 5.93. The van der Waals surface area contributed by atoms with Gasteiger partial charge in [-0.3, -0.25) is 4.79 Å². The standard InChI is InChI=1S/C22H34FN3O4/c1-15(13-29-9-8-23)10-16(2)24-21(27)19-6-7-20(26-11-18(12-26)28-3)22(25-19)30-14-17-4-5-17/h6-7,15-18H,4-5,8-14H2,1-3H3,(H,24,27)/t15?,16-/m1/s1. The molecule has 30 heavy (non-hydrogen) atoms. The van der Waals surface area contributed by atoms with Gasteiger partial charge in [0.05, 0.1) is 19.3 Å². The van der Waals surface area contributed by atoms with Crippen LogP contribution in [0.3, 0.4) is 0 Å². The average molecular weight is 424 g/mol. The Hall–Kier alpha value is -1.93. The van der Waals surface area contributed by atoms with Gasteiger partial charge in [-0.05, 0) is 50.2 Å². The Kier molecular flexibility index (Phi) is 8.27. The molecule has 2 aliphatic rings. The Morgan fingerprint density at radius 3 is 2.77 bits per heavy atom. The van der Waals surface area contributed by atoms with Crippen LogP contribution in [0.15, 0.2) is 12.1 Å². The van der Waals surface area contributed by atoms with Crippen LogP contribution < -0.4 is 15.0 Å². The van der Waals surface area contributed by atoms with E-state index in [0.717, 1.165) is 25.2 Å². The van der Waals surface area contributed by atoms with Crippen LogP contribution in [0.25, 0.3) is 0 Å². The van der Waals surface area contributed by atoms with E-state index < -0.39 is 6.67 Å². The molecule has 0 aromatic carbocycles. The fourth-order valence-electron chi connectivity index (χ4n) is 3.54. The number of aromatic nitrogens is 1. The quantitative estimate of drug-likeness (QED) is 0.492. The largest absolute Gasteiger partial charge is 0.476 e. The van der Waals surface area contributed by atoms with E-state index in [1.165, 1.54) is 12.8 Å². The Bertz CT molecular complexity index is 695. The SMILES string of the molecule is COC1CN(c2ccc(C(=O)N[C@H](C)CC(C)COCCF)nc2OCC2CC2)C1. The molecule has 1 saturated carbocycles. The summed E-state index contributed by atoms with van der Waals surface area (Å²) < 4.78 is 28.7. The summed E-state index contributed by atoms with van der Waals surface area (Å²) in [5.74, 6) is 1.12. The summed E-state index contributed by atoms with van der Waals surface area (Å²) in [6.07, 6.45) is 3.35. The van der Waals surface area contributed by atoms with Crippen molar-refractivity contribution >= 4 is 11.6 Å². The van der Waals surface area contributed by atoms with Gasteiger partial charge < -0.3 is 24.4 Å². The maximum absolute atomic E-state index is 12.7. The van der Waals surface area contributed by atoms with Crippen LogP contribution in [0.4, 0.5) is 10.1 Å². The summed E-state index contributed by atoms with van der Waals surface area (Å²) in [7, 11) is 1.72. The van der Waals surface area contributed by atoms with Gasteiger partial charge in [-0.25, -0.2) is 9.37 Å². The Morgan fingerprint density at radius 1 is 1.33 bits per heavy atom. The lowest BCUT2D eigenvalue weighted by Gasteiger charge is -2.40. The molecule has 0 spiro atoms. The van der Waals surface area contributed by atoms with Gasteiger partial charge in [-0.2, -0.15) is 0 Å². The van der Waals surface area contributed by atoms with Crippen LogP contribution in [-0.4, -0.2) is 69.7 Å². The molecule has 0 bridgehead atoms. The molecule has 2 fully saturated rings. The number of rotatable bonds is 13. The Labute approximate surface area is 178 Å². The molecule has 7 nitrogen and oxygen atoms in total. The number of ether oxygens (including phenoxy) is 3.